The van der Waals surface area contributed by atoms with Crippen molar-refractivity contribution >= 4 is 0 Å². The van der Waals surface area contributed by atoms with Gasteiger partial charge in [0.2, 0.25) is 0 Å². The van der Waals surface area contributed by atoms with Gasteiger partial charge in [0, 0.05) is 19.6 Å². The largest absolute Gasteiger partial charge is 0.468 e. The van der Waals surface area contributed by atoms with Gasteiger partial charge in [-0.2, -0.15) is 0 Å². The van der Waals surface area contributed by atoms with Gasteiger partial charge in [0.25, 0.3) is 0 Å². The van der Waals surface area contributed by atoms with Crippen LogP contribution >= 0.6 is 0 Å². The van der Waals surface area contributed by atoms with Crippen molar-refractivity contribution in [1.29, 1.82) is 0 Å². The Labute approximate surface area is 133 Å². The zero-order valence-corrected chi connectivity index (χ0v) is 13.4. The summed E-state index contributed by atoms with van der Waals surface area (Å²) in [5.41, 5.74) is 2.84. The van der Waals surface area contributed by atoms with E-state index in [1.807, 2.05) is 12.1 Å². The number of nitrogens with zero attached hydrogens (tertiary/aromatic N) is 1. The van der Waals surface area contributed by atoms with Crippen molar-refractivity contribution in [3.8, 4) is 0 Å². The maximum absolute atomic E-state index is 5.36. The highest BCUT2D eigenvalue weighted by Crippen LogP contribution is 2.19. The molecule has 1 unspecified atom stereocenters. The highest BCUT2D eigenvalue weighted by atomic mass is 16.3. The molecular weight excluding hydrogens is 272 g/mol. The maximum Gasteiger partial charge on any atom is 0.117 e. The number of piperidine rings is 1. The maximum atomic E-state index is 5.36. The second kappa shape index (κ2) is 7.61. The van der Waals surface area contributed by atoms with Crippen LogP contribution in [0.15, 0.2) is 47.1 Å². The van der Waals surface area contributed by atoms with Crippen molar-refractivity contribution in [2.75, 3.05) is 13.1 Å². The molecule has 0 aliphatic carbocycles. The molecule has 0 spiro atoms. The average Bonchev–Trinajstić information content (AvgIpc) is 3.02. The Morgan fingerprint density at radius 2 is 2.00 bits per heavy atom. The van der Waals surface area contributed by atoms with Crippen molar-refractivity contribution < 1.29 is 4.42 Å². The second-order valence-corrected chi connectivity index (χ2v) is 6.43. The summed E-state index contributed by atoms with van der Waals surface area (Å²) >= 11 is 0. The van der Waals surface area contributed by atoms with Gasteiger partial charge < -0.3 is 9.73 Å². The van der Waals surface area contributed by atoms with Gasteiger partial charge in [-0.15, -0.1) is 0 Å². The van der Waals surface area contributed by atoms with Crippen molar-refractivity contribution in [3.63, 3.8) is 0 Å². The van der Waals surface area contributed by atoms with Crippen molar-refractivity contribution in [1.82, 2.24) is 10.2 Å². The highest BCUT2D eigenvalue weighted by molar-refractivity contribution is 5.27. The minimum absolute atomic E-state index is 0.780. The van der Waals surface area contributed by atoms with E-state index in [0.29, 0.717) is 0 Å². The summed E-state index contributed by atoms with van der Waals surface area (Å²) in [4.78, 5) is 2.60. The molecule has 3 nitrogen and oxygen atoms in total. The summed E-state index contributed by atoms with van der Waals surface area (Å²) in [6.45, 7) is 7.57. The first-order chi connectivity index (χ1) is 10.8. The van der Waals surface area contributed by atoms with Gasteiger partial charge in [-0.05, 0) is 48.6 Å². The van der Waals surface area contributed by atoms with Crippen molar-refractivity contribution in [2.45, 2.75) is 39.4 Å². The summed E-state index contributed by atoms with van der Waals surface area (Å²) in [6, 6.07) is 12.7. The normalized spacial score (nSPS) is 19.4. The molecule has 1 fully saturated rings. The number of hydrogen-bond acceptors (Lipinski definition) is 3. The Kier molecular flexibility index (Phi) is 5.30. The molecule has 2 aromatic rings. The fraction of sp³-hybridized carbons (Fsp3) is 0.474. The third-order valence-corrected chi connectivity index (χ3v) is 4.45. The molecule has 0 radical (unpaired) electrons. The van der Waals surface area contributed by atoms with Gasteiger partial charge in [-0.1, -0.05) is 31.2 Å². The molecule has 0 bridgehead atoms. The minimum atomic E-state index is 0.780. The average molecular weight is 298 g/mol. The Bertz CT molecular complexity index is 565. The third kappa shape index (κ3) is 4.21. The smallest absolute Gasteiger partial charge is 0.117 e. The molecule has 22 heavy (non-hydrogen) atoms. The van der Waals surface area contributed by atoms with Crippen LogP contribution in [0.25, 0.3) is 0 Å². The van der Waals surface area contributed by atoms with E-state index in [9.17, 15) is 0 Å². The number of hydrogen-bond donors (Lipinski definition) is 1. The molecule has 1 atom stereocenters. The molecule has 3 heteroatoms. The van der Waals surface area contributed by atoms with E-state index in [1.54, 1.807) is 6.26 Å². The van der Waals surface area contributed by atoms with E-state index in [4.69, 9.17) is 4.42 Å². The minimum Gasteiger partial charge on any atom is -0.468 e. The van der Waals surface area contributed by atoms with E-state index in [2.05, 4.69) is 41.4 Å². The van der Waals surface area contributed by atoms with Crippen molar-refractivity contribution in [2.24, 2.45) is 5.92 Å². The third-order valence-electron chi connectivity index (χ3n) is 4.45. The first-order valence-corrected chi connectivity index (χ1v) is 8.33. The molecule has 0 amide bonds. The zero-order chi connectivity index (χ0) is 15.2. The van der Waals surface area contributed by atoms with Crippen LogP contribution in [-0.4, -0.2) is 18.0 Å². The SMILES string of the molecule is CC1CCCN(Cc2ccccc2CNCc2ccco2)C1. The van der Waals surface area contributed by atoms with E-state index in [0.717, 1.165) is 31.3 Å². The summed E-state index contributed by atoms with van der Waals surface area (Å²) in [5.74, 6) is 1.82. The van der Waals surface area contributed by atoms with Gasteiger partial charge >= 0.3 is 0 Å². The lowest BCUT2D eigenvalue weighted by Gasteiger charge is -2.31. The van der Waals surface area contributed by atoms with Crippen LogP contribution in [0.2, 0.25) is 0 Å². The van der Waals surface area contributed by atoms with E-state index in [1.165, 1.54) is 37.1 Å². The first kappa shape index (κ1) is 15.3. The predicted molar refractivity (Wildman–Crippen MR) is 89.4 cm³/mol. The quantitative estimate of drug-likeness (QED) is 0.879. The second-order valence-electron chi connectivity index (χ2n) is 6.43. The highest BCUT2D eigenvalue weighted by Gasteiger charge is 2.17. The molecular formula is C19H26N2O. The zero-order valence-electron chi connectivity index (χ0n) is 13.4. The van der Waals surface area contributed by atoms with Gasteiger partial charge in [0.05, 0.1) is 12.8 Å². The lowest BCUT2D eigenvalue weighted by Crippen LogP contribution is -2.34. The summed E-state index contributed by atoms with van der Waals surface area (Å²) in [6.07, 6.45) is 4.44. The van der Waals surface area contributed by atoms with Crippen LogP contribution in [-0.2, 0) is 19.6 Å². The molecule has 118 valence electrons. The molecule has 3 rings (SSSR count). The number of rotatable bonds is 6. The molecule has 0 saturated carbocycles. The molecule has 1 saturated heterocycles. The predicted octanol–water partition coefficient (Wildman–Crippen LogP) is 3.80. The lowest BCUT2D eigenvalue weighted by atomic mass is 9.99. The van der Waals surface area contributed by atoms with Crippen LogP contribution < -0.4 is 5.32 Å². The molecule has 1 aliphatic rings. The van der Waals surface area contributed by atoms with Crippen LogP contribution in [0.5, 0.6) is 0 Å². The molecule has 1 aromatic carbocycles. The number of likely N-dealkylation sites (tertiary alicyclic amines) is 1. The van der Waals surface area contributed by atoms with Gasteiger partial charge in [-0.3, -0.25) is 4.90 Å². The molecule has 1 aromatic heterocycles. The standard InChI is InChI=1S/C19H26N2O/c1-16-6-4-10-21(14-16)15-18-8-3-2-7-17(18)12-20-13-19-9-5-11-22-19/h2-3,5,7-9,11,16,20H,4,6,10,12-15H2,1H3. The summed E-state index contributed by atoms with van der Waals surface area (Å²) in [5, 5.41) is 3.48. The lowest BCUT2D eigenvalue weighted by molar-refractivity contribution is 0.176. The van der Waals surface area contributed by atoms with Gasteiger partial charge in [0.1, 0.15) is 5.76 Å². The van der Waals surface area contributed by atoms with E-state index in [-0.39, 0.29) is 0 Å². The van der Waals surface area contributed by atoms with E-state index >= 15 is 0 Å². The van der Waals surface area contributed by atoms with Crippen LogP contribution in [0.4, 0.5) is 0 Å². The Morgan fingerprint density at radius 1 is 1.14 bits per heavy atom. The topological polar surface area (TPSA) is 28.4 Å². The van der Waals surface area contributed by atoms with Crippen LogP contribution in [0.1, 0.15) is 36.7 Å². The summed E-state index contributed by atoms with van der Waals surface area (Å²) in [7, 11) is 0. The Hall–Kier alpha value is -1.58. The van der Waals surface area contributed by atoms with Crippen LogP contribution in [0.3, 0.4) is 0 Å². The Balaban J connectivity index is 1.57. The molecule has 1 N–H and O–H groups in total. The van der Waals surface area contributed by atoms with Gasteiger partial charge in [-0.25, -0.2) is 0 Å². The molecule has 2 heterocycles. The number of nitrogens with one attached hydrogen (secondary N) is 1. The number of benzene rings is 1. The fourth-order valence-electron chi connectivity index (χ4n) is 3.29. The molecule has 1 aliphatic heterocycles. The van der Waals surface area contributed by atoms with Gasteiger partial charge in [0.15, 0.2) is 0 Å². The monoisotopic (exact) mass is 298 g/mol. The van der Waals surface area contributed by atoms with Crippen molar-refractivity contribution in [3.05, 3.63) is 59.5 Å². The first-order valence-electron chi connectivity index (χ1n) is 8.33. The fourth-order valence-corrected chi connectivity index (χ4v) is 3.29. The van der Waals surface area contributed by atoms with E-state index < -0.39 is 0 Å². The number of furan rings is 1. The summed E-state index contributed by atoms with van der Waals surface area (Å²) < 4.78 is 5.36. The van der Waals surface area contributed by atoms with Crippen LogP contribution in [0, 0.1) is 5.92 Å². The Morgan fingerprint density at radius 3 is 2.77 bits per heavy atom.